The van der Waals surface area contributed by atoms with E-state index in [-0.39, 0.29) is 5.69 Å². The smallest absolute Gasteiger partial charge is 0.413 e. The quantitative estimate of drug-likeness (QED) is 0.532. The van der Waals surface area contributed by atoms with Gasteiger partial charge in [0, 0.05) is 25.0 Å². The highest BCUT2D eigenvalue weighted by Gasteiger charge is 2.43. The summed E-state index contributed by atoms with van der Waals surface area (Å²) in [5, 5.41) is 14.5. The summed E-state index contributed by atoms with van der Waals surface area (Å²) in [5.41, 5.74) is -0.340. The molecule has 8 nitrogen and oxygen atoms in total. The van der Waals surface area contributed by atoms with Gasteiger partial charge in [0.05, 0.1) is 10.5 Å². The molecule has 1 aliphatic carbocycles. The van der Waals surface area contributed by atoms with Crippen molar-refractivity contribution in [3.8, 4) is 0 Å². The number of alkyl carbamates (subject to hydrolysis) is 1. The van der Waals surface area contributed by atoms with E-state index in [9.17, 15) is 14.9 Å². The number of hydrogen-bond donors (Lipinski definition) is 1. The highest BCUT2D eigenvalue weighted by molar-refractivity contribution is 8.14. The third-order valence-corrected chi connectivity index (χ3v) is 6.17. The minimum Gasteiger partial charge on any atom is -0.444 e. The number of benzene rings is 1. The Morgan fingerprint density at radius 3 is 2.68 bits per heavy atom. The van der Waals surface area contributed by atoms with E-state index in [2.05, 4.69) is 5.32 Å². The number of carbonyl (C=O) groups is 1. The Kier molecular flexibility index (Phi) is 6.29. The molecule has 0 saturated carbocycles. The van der Waals surface area contributed by atoms with Crippen LogP contribution in [-0.2, 0) is 15.0 Å². The first-order chi connectivity index (χ1) is 14.5. The highest BCUT2D eigenvalue weighted by Crippen LogP contribution is 2.45. The number of nitro groups is 1. The summed E-state index contributed by atoms with van der Waals surface area (Å²) in [4.78, 5) is 28.0. The van der Waals surface area contributed by atoms with Gasteiger partial charge in [-0.15, -0.1) is 0 Å². The number of hydrogen-bond acceptors (Lipinski definition) is 7. The second-order valence-electron chi connectivity index (χ2n) is 8.71. The average molecular weight is 446 g/mol. The van der Waals surface area contributed by atoms with Crippen molar-refractivity contribution >= 4 is 28.7 Å². The summed E-state index contributed by atoms with van der Waals surface area (Å²) in [6.45, 7) is 7.34. The lowest BCUT2D eigenvalue weighted by Gasteiger charge is -2.33. The van der Waals surface area contributed by atoms with Gasteiger partial charge in [-0.2, -0.15) is 0 Å². The van der Waals surface area contributed by atoms with E-state index in [1.807, 2.05) is 31.2 Å². The maximum absolute atomic E-state index is 12.2. The molecule has 1 aromatic carbocycles. The van der Waals surface area contributed by atoms with E-state index in [0.717, 1.165) is 5.57 Å². The standard InChI is InChI=1S/C22H27N3O5S/c1-20(2,3)30-19(26)23-18-24-22(14-31-18,15-9-11-21(4,29-5)12-10-15)16-7-6-8-17(13-16)25(27)28/h6-11,13H,12,14H2,1-5H3,(H,23,24,26). The van der Waals surface area contributed by atoms with Crippen LogP contribution in [0.5, 0.6) is 0 Å². The van der Waals surface area contributed by atoms with Crippen LogP contribution >= 0.6 is 11.8 Å². The number of non-ortho nitro benzene ring substituents is 1. The Balaban J connectivity index is 2.00. The number of amidine groups is 1. The molecule has 2 aliphatic rings. The Bertz CT molecular complexity index is 982. The van der Waals surface area contributed by atoms with Gasteiger partial charge in [-0.05, 0) is 45.3 Å². The fourth-order valence-electron chi connectivity index (χ4n) is 3.38. The minimum absolute atomic E-state index is 0.00672. The number of ether oxygens (including phenoxy) is 2. The second-order valence-corrected chi connectivity index (χ2v) is 9.68. The van der Waals surface area contributed by atoms with Gasteiger partial charge in [0.2, 0.25) is 0 Å². The van der Waals surface area contributed by atoms with E-state index in [0.29, 0.717) is 22.9 Å². The van der Waals surface area contributed by atoms with Gasteiger partial charge in [-0.3, -0.25) is 15.4 Å². The second kappa shape index (κ2) is 8.47. The zero-order valence-electron chi connectivity index (χ0n) is 18.3. The van der Waals surface area contributed by atoms with Crippen molar-refractivity contribution in [3.63, 3.8) is 0 Å². The lowest BCUT2D eigenvalue weighted by molar-refractivity contribution is -0.384. The van der Waals surface area contributed by atoms with Gasteiger partial charge in [-0.25, -0.2) is 9.79 Å². The number of rotatable bonds is 4. The maximum Gasteiger partial charge on any atom is 0.413 e. The van der Waals surface area contributed by atoms with E-state index in [1.165, 1.54) is 17.8 Å². The molecule has 0 fully saturated rings. The van der Waals surface area contributed by atoms with Gasteiger partial charge in [-0.1, -0.05) is 42.1 Å². The molecule has 1 aromatic rings. The van der Waals surface area contributed by atoms with Crippen molar-refractivity contribution < 1.29 is 19.2 Å². The predicted octanol–water partition coefficient (Wildman–Crippen LogP) is 4.71. The molecule has 0 aromatic heterocycles. The normalized spacial score (nSPS) is 25.6. The van der Waals surface area contributed by atoms with Crippen LogP contribution in [0.2, 0.25) is 0 Å². The van der Waals surface area contributed by atoms with Gasteiger partial charge in [0.25, 0.3) is 5.69 Å². The van der Waals surface area contributed by atoms with E-state index < -0.39 is 27.8 Å². The van der Waals surface area contributed by atoms with Crippen molar-refractivity contribution in [2.45, 2.75) is 50.9 Å². The molecule has 0 spiro atoms. The summed E-state index contributed by atoms with van der Waals surface area (Å²) < 4.78 is 10.9. The number of nitrogens with one attached hydrogen (secondary N) is 1. The zero-order chi connectivity index (χ0) is 22.9. The molecule has 3 rings (SSSR count). The Hall–Kier alpha value is -2.65. The highest BCUT2D eigenvalue weighted by atomic mass is 32.2. The summed E-state index contributed by atoms with van der Waals surface area (Å²) >= 11 is 1.37. The molecule has 1 heterocycles. The molecule has 1 aliphatic heterocycles. The molecule has 2 unspecified atom stereocenters. The number of methoxy groups -OCH3 is 1. The summed E-state index contributed by atoms with van der Waals surface area (Å²) in [6.07, 6.45) is 6.02. The fraction of sp³-hybridized carbons (Fsp3) is 0.455. The Labute approximate surface area is 185 Å². The molecule has 1 amide bonds. The first-order valence-corrected chi connectivity index (χ1v) is 10.9. The largest absolute Gasteiger partial charge is 0.444 e. The Morgan fingerprint density at radius 1 is 1.35 bits per heavy atom. The first kappa shape index (κ1) is 23.0. The molecule has 0 radical (unpaired) electrons. The number of aliphatic imine (C=N–C) groups is 1. The molecule has 9 heteroatoms. The van der Waals surface area contributed by atoms with Crippen molar-refractivity contribution in [2.24, 2.45) is 4.99 Å². The molecule has 31 heavy (non-hydrogen) atoms. The molecule has 1 N–H and O–H groups in total. The lowest BCUT2D eigenvalue weighted by Crippen LogP contribution is -2.35. The summed E-state index contributed by atoms with van der Waals surface area (Å²) in [7, 11) is 1.66. The van der Waals surface area contributed by atoms with Crippen LogP contribution in [-0.4, -0.2) is 40.2 Å². The Morgan fingerprint density at radius 2 is 2.10 bits per heavy atom. The zero-order valence-corrected chi connectivity index (χ0v) is 19.1. The van der Waals surface area contributed by atoms with Gasteiger partial charge in [0.1, 0.15) is 11.1 Å². The third-order valence-electron chi connectivity index (χ3n) is 5.14. The third kappa shape index (κ3) is 5.16. The topological polar surface area (TPSA) is 103 Å². The SMILES string of the molecule is COC1(C)C=CC(C2(c3cccc([N+](=O)[O-])c3)CSC(NC(=O)OC(C)(C)C)=N2)=CC1. The van der Waals surface area contributed by atoms with Crippen LogP contribution in [0.15, 0.2) is 53.1 Å². The van der Waals surface area contributed by atoms with E-state index in [1.54, 1.807) is 40.0 Å². The van der Waals surface area contributed by atoms with Crippen molar-refractivity contribution in [1.29, 1.82) is 0 Å². The number of nitrogens with zero attached hydrogens (tertiary/aromatic N) is 2. The van der Waals surface area contributed by atoms with Crippen LogP contribution in [0, 0.1) is 10.1 Å². The molecular weight excluding hydrogens is 418 g/mol. The lowest BCUT2D eigenvalue weighted by atomic mass is 9.79. The first-order valence-electron chi connectivity index (χ1n) is 9.89. The van der Waals surface area contributed by atoms with E-state index >= 15 is 0 Å². The van der Waals surface area contributed by atoms with Crippen molar-refractivity contribution in [3.05, 3.63) is 63.7 Å². The summed E-state index contributed by atoms with van der Waals surface area (Å²) in [6, 6.07) is 6.47. The number of carbonyl (C=O) groups excluding carboxylic acids is 1. The van der Waals surface area contributed by atoms with Gasteiger partial charge < -0.3 is 9.47 Å². The average Bonchev–Trinajstić information content (AvgIpc) is 3.12. The predicted molar refractivity (Wildman–Crippen MR) is 121 cm³/mol. The minimum atomic E-state index is -0.868. The van der Waals surface area contributed by atoms with Crippen LogP contribution < -0.4 is 5.32 Å². The maximum atomic E-state index is 12.2. The van der Waals surface area contributed by atoms with Crippen LogP contribution in [0.1, 0.15) is 39.7 Å². The van der Waals surface area contributed by atoms with E-state index in [4.69, 9.17) is 14.5 Å². The molecule has 166 valence electrons. The molecule has 0 bridgehead atoms. The fourth-order valence-corrected chi connectivity index (χ4v) is 4.50. The van der Waals surface area contributed by atoms with Gasteiger partial charge >= 0.3 is 6.09 Å². The van der Waals surface area contributed by atoms with Crippen LogP contribution in [0.4, 0.5) is 10.5 Å². The summed E-state index contributed by atoms with van der Waals surface area (Å²) in [5.74, 6) is 0.485. The van der Waals surface area contributed by atoms with Crippen LogP contribution in [0.3, 0.4) is 0 Å². The molecule has 0 saturated heterocycles. The molecule has 2 atom stereocenters. The van der Waals surface area contributed by atoms with Crippen molar-refractivity contribution in [1.82, 2.24) is 5.32 Å². The number of amides is 1. The number of thioether (sulfide) groups is 1. The molecular formula is C22H27N3O5S. The van der Waals surface area contributed by atoms with Crippen LogP contribution in [0.25, 0.3) is 0 Å². The van der Waals surface area contributed by atoms with Crippen molar-refractivity contribution in [2.75, 3.05) is 12.9 Å². The van der Waals surface area contributed by atoms with Gasteiger partial charge in [0.15, 0.2) is 5.17 Å². The monoisotopic (exact) mass is 445 g/mol. The number of nitro benzene ring substituents is 1.